The first-order chi connectivity index (χ1) is 13.0. The molecule has 0 aliphatic carbocycles. The smallest absolute Gasteiger partial charge is 0.245 e. The lowest BCUT2D eigenvalue weighted by Gasteiger charge is -2.40. The van der Waals surface area contributed by atoms with Crippen LogP contribution in [0.3, 0.4) is 0 Å². The third-order valence-corrected chi connectivity index (χ3v) is 5.49. The van der Waals surface area contributed by atoms with Gasteiger partial charge in [0.15, 0.2) is 0 Å². The van der Waals surface area contributed by atoms with Crippen LogP contribution >= 0.6 is 0 Å². The van der Waals surface area contributed by atoms with Crippen LogP contribution in [0.5, 0.6) is 0 Å². The molecule has 0 saturated carbocycles. The monoisotopic (exact) mass is 368 g/mol. The van der Waals surface area contributed by atoms with Crippen molar-refractivity contribution in [1.29, 1.82) is 0 Å². The largest absolute Gasteiger partial charge is 0.337 e. The van der Waals surface area contributed by atoms with Crippen LogP contribution < -0.4 is 0 Å². The molecule has 0 radical (unpaired) electrons. The number of benzene rings is 1. The van der Waals surface area contributed by atoms with Gasteiger partial charge in [0.25, 0.3) is 0 Å². The van der Waals surface area contributed by atoms with Crippen LogP contribution in [0.2, 0.25) is 0 Å². The highest BCUT2D eigenvalue weighted by atomic mass is 16.2. The topological polar surface area (TPSA) is 57.7 Å². The Kier molecular flexibility index (Phi) is 6.09. The zero-order valence-corrected chi connectivity index (χ0v) is 16.2. The molecule has 0 N–H and O–H groups in total. The summed E-state index contributed by atoms with van der Waals surface area (Å²) in [5, 5.41) is 0. The summed E-state index contributed by atoms with van der Waals surface area (Å²) in [5.74, 6) is 0.000757. The van der Waals surface area contributed by atoms with Crippen LogP contribution in [-0.4, -0.2) is 53.1 Å². The van der Waals surface area contributed by atoms with Crippen molar-refractivity contribution in [2.45, 2.75) is 45.6 Å². The van der Waals surface area contributed by atoms with Gasteiger partial charge >= 0.3 is 0 Å². The summed E-state index contributed by atoms with van der Waals surface area (Å²) in [4.78, 5) is 40.5. The molecule has 2 unspecified atom stereocenters. The second-order valence-electron chi connectivity index (χ2n) is 7.75. The van der Waals surface area contributed by atoms with E-state index >= 15 is 0 Å². The number of piperidine rings is 1. The minimum absolute atomic E-state index is 0.0159. The van der Waals surface area contributed by atoms with Crippen molar-refractivity contribution in [3.8, 4) is 0 Å². The Morgan fingerprint density at radius 3 is 2.48 bits per heavy atom. The Bertz CT molecular complexity index is 741. The molecular weight excluding hydrogens is 340 g/mol. The molecule has 3 rings (SSSR count). The molecule has 2 heterocycles. The van der Waals surface area contributed by atoms with E-state index < -0.39 is 6.04 Å². The van der Waals surface area contributed by atoms with E-state index in [0.29, 0.717) is 32.0 Å². The molecule has 0 aromatic heterocycles. The third kappa shape index (κ3) is 4.65. The number of nitrogens with zero attached hydrogens (tertiary/aromatic N) is 2. The van der Waals surface area contributed by atoms with Crippen LogP contribution in [0.1, 0.15) is 45.1 Å². The normalized spacial score (nSPS) is 23.0. The lowest BCUT2D eigenvalue weighted by atomic mass is 9.92. The van der Waals surface area contributed by atoms with Crippen molar-refractivity contribution >= 4 is 23.2 Å². The molecule has 1 aromatic carbocycles. The van der Waals surface area contributed by atoms with E-state index in [2.05, 4.69) is 25.1 Å². The van der Waals surface area contributed by atoms with Gasteiger partial charge in [-0.3, -0.25) is 14.4 Å². The minimum Gasteiger partial charge on any atom is -0.337 e. The van der Waals surface area contributed by atoms with E-state index in [9.17, 15) is 14.4 Å². The average molecular weight is 368 g/mol. The molecule has 0 bridgehead atoms. The fraction of sp³-hybridized carbons (Fsp3) is 0.500. The third-order valence-electron chi connectivity index (χ3n) is 5.49. The number of carbonyl (C=O) groups is 3. The molecule has 27 heavy (non-hydrogen) atoms. The van der Waals surface area contributed by atoms with Crippen LogP contribution in [0.15, 0.2) is 36.4 Å². The van der Waals surface area contributed by atoms with E-state index in [-0.39, 0.29) is 24.0 Å². The van der Waals surface area contributed by atoms with Gasteiger partial charge in [-0.1, -0.05) is 43.3 Å². The van der Waals surface area contributed by atoms with Crippen LogP contribution in [0, 0.1) is 5.92 Å². The van der Waals surface area contributed by atoms with Crippen molar-refractivity contribution in [1.82, 2.24) is 9.80 Å². The summed E-state index contributed by atoms with van der Waals surface area (Å²) in [6.07, 6.45) is 4.42. The molecule has 5 heteroatoms. The highest BCUT2D eigenvalue weighted by Gasteiger charge is 2.37. The van der Waals surface area contributed by atoms with Gasteiger partial charge in [0.05, 0.1) is 6.42 Å². The maximum Gasteiger partial charge on any atom is 0.245 e. The Morgan fingerprint density at radius 1 is 1.11 bits per heavy atom. The molecule has 2 aliphatic rings. The predicted molar refractivity (Wildman–Crippen MR) is 105 cm³/mol. The van der Waals surface area contributed by atoms with Crippen molar-refractivity contribution < 1.29 is 14.4 Å². The number of Topliss-reactive ketones (excluding diaryl/α,β-unsaturated/α-hetero) is 1. The second-order valence-corrected chi connectivity index (χ2v) is 7.75. The van der Waals surface area contributed by atoms with E-state index in [1.165, 1.54) is 18.1 Å². The molecule has 5 nitrogen and oxygen atoms in total. The number of rotatable bonds is 4. The van der Waals surface area contributed by atoms with Crippen molar-refractivity contribution in [3.63, 3.8) is 0 Å². The van der Waals surface area contributed by atoms with Gasteiger partial charge in [0.1, 0.15) is 11.8 Å². The first kappa shape index (κ1) is 19.3. The standard InChI is InChI=1S/C22H28N2O3/c1-16-8-9-20(24(15-16)21(26)14-17(2)25)22(27)23-12-10-19(11-13-23)18-6-4-3-5-7-18/h3-7,10,16,20H,8-9,11-15H2,1-2H3. The fourth-order valence-corrected chi connectivity index (χ4v) is 3.99. The lowest BCUT2D eigenvalue weighted by molar-refractivity contribution is -0.149. The lowest BCUT2D eigenvalue weighted by Crippen LogP contribution is -2.55. The molecule has 2 aliphatic heterocycles. The maximum atomic E-state index is 13.1. The van der Waals surface area contributed by atoms with E-state index in [1.807, 2.05) is 23.1 Å². The highest BCUT2D eigenvalue weighted by Crippen LogP contribution is 2.27. The molecule has 1 saturated heterocycles. The summed E-state index contributed by atoms with van der Waals surface area (Å²) in [6.45, 7) is 5.30. The first-order valence-corrected chi connectivity index (χ1v) is 9.78. The Hall–Kier alpha value is -2.43. The zero-order valence-electron chi connectivity index (χ0n) is 16.2. The number of ketones is 1. The number of carbonyl (C=O) groups excluding carboxylic acids is 3. The predicted octanol–water partition coefficient (Wildman–Crippen LogP) is 2.91. The molecule has 2 amide bonds. The van der Waals surface area contributed by atoms with Gasteiger partial charge in [-0.25, -0.2) is 0 Å². The quantitative estimate of drug-likeness (QED) is 0.768. The minimum atomic E-state index is -0.431. The van der Waals surface area contributed by atoms with Crippen LogP contribution in [0.4, 0.5) is 0 Å². The SMILES string of the molecule is CC(=O)CC(=O)N1CC(C)CCC1C(=O)N1CC=C(c2ccccc2)CC1. The van der Waals surface area contributed by atoms with Gasteiger partial charge in [0.2, 0.25) is 11.8 Å². The maximum absolute atomic E-state index is 13.1. The zero-order chi connectivity index (χ0) is 19.4. The van der Waals surface area contributed by atoms with Crippen LogP contribution in [-0.2, 0) is 14.4 Å². The average Bonchev–Trinajstić information content (AvgIpc) is 2.67. The molecule has 2 atom stereocenters. The second kappa shape index (κ2) is 8.51. The summed E-state index contributed by atoms with van der Waals surface area (Å²) >= 11 is 0. The van der Waals surface area contributed by atoms with E-state index in [0.717, 1.165) is 12.8 Å². The summed E-state index contributed by atoms with van der Waals surface area (Å²) in [5.41, 5.74) is 2.47. The molecule has 144 valence electrons. The Morgan fingerprint density at radius 2 is 1.85 bits per heavy atom. The molecule has 0 spiro atoms. The number of amides is 2. The summed E-state index contributed by atoms with van der Waals surface area (Å²) in [6, 6.07) is 9.80. The fourth-order valence-electron chi connectivity index (χ4n) is 3.99. The van der Waals surface area contributed by atoms with Gasteiger partial charge in [-0.2, -0.15) is 0 Å². The molecule has 1 aromatic rings. The van der Waals surface area contributed by atoms with Crippen molar-refractivity contribution in [2.75, 3.05) is 19.6 Å². The highest BCUT2D eigenvalue weighted by molar-refractivity contribution is 5.99. The number of likely N-dealkylation sites (tertiary alicyclic amines) is 1. The summed E-state index contributed by atoms with van der Waals surface area (Å²) < 4.78 is 0. The van der Waals surface area contributed by atoms with E-state index in [1.54, 1.807) is 4.90 Å². The van der Waals surface area contributed by atoms with Crippen LogP contribution in [0.25, 0.3) is 5.57 Å². The first-order valence-electron chi connectivity index (χ1n) is 9.78. The number of hydrogen-bond acceptors (Lipinski definition) is 3. The van der Waals surface area contributed by atoms with Crippen molar-refractivity contribution in [3.05, 3.63) is 42.0 Å². The van der Waals surface area contributed by atoms with E-state index in [4.69, 9.17) is 0 Å². The summed E-state index contributed by atoms with van der Waals surface area (Å²) in [7, 11) is 0. The number of hydrogen-bond donors (Lipinski definition) is 0. The van der Waals surface area contributed by atoms with Gasteiger partial charge in [-0.15, -0.1) is 0 Å². The van der Waals surface area contributed by atoms with Gasteiger partial charge in [-0.05, 0) is 43.2 Å². The van der Waals surface area contributed by atoms with Gasteiger partial charge in [0, 0.05) is 19.6 Å². The Balaban J connectivity index is 1.69. The molecular formula is C22H28N2O3. The Labute approximate surface area is 161 Å². The van der Waals surface area contributed by atoms with Gasteiger partial charge < -0.3 is 9.80 Å². The molecule has 1 fully saturated rings. The van der Waals surface area contributed by atoms with Crippen molar-refractivity contribution in [2.24, 2.45) is 5.92 Å².